The van der Waals surface area contributed by atoms with Gasteiger partial charge in [0.15, 0.2) is 0 Å². The first-order chi connectivity index (χ1) is 16.8. The maximum absolute atomic E-state index is 11.2. The van der Waals surface area contributed by atoms with Crippen molar-refractivity contribution >= 4 is 11.6 Å². The third kappa shape index (κ3) is 7.09. The largest absolute Gasteiger partial charge is 0.492 e. The number of rotatable bonds is 9. The Bertz CT molecular complexity index is 944. The van der Waals surface area contributed by atoms with Crippen molar-refractivity contribution < 1.29 is 24.4 Å². The lowest BCUT2D eigenvalue weighted by Gasteiger charge is -2.42. The second-order valence-electron chi connectivity index (χ2n) is 9.72. The Labute approximate surface area is 213 Å². The zero-order valence-electron chi connectivity index (χ0n) is 20.7. The van der Waals surface area contributed by atoms with E-state index in [2.05, 4.69) is 21.9 Å². The maximum Gasteiger partial charge on any atom is 0.137 e. The fourth-order valence-corrected chi connectivity index (χ4v) is 4.80. The van der Waals surface area contributed by atoms with Crippen LogP contribution in [0.2, 0.25) is 5.02 Å². The number of nitrogens with zero attached hydrogens (tertiary/aromatic N) is 2. The summed E-state index contributed by atoms with van der Waals surface area (Å²) in [7, 11) is 0. The zero-order valence-corrected chi connectivity index (χ0v) is 21.5. The summed E-state index contributed by atoms with van der Waals surface area (Å²) in [5.74, 6) is 1.50. The Morgan fingerprint density at radius 2 is 1.69 bits per heavy atom. The van der Waals surface area contributed by atoms with Gasteiger partial charge in [-0.05, 0) is 61.2 Å². The van der Waals surface area contributed by atoms with Crippen molar-refractivity contribution in [2.45, 2.75) is 38.5 Å². The van der Waals surface area contributed by atoms with Gasteiger partial charge in [0.1, 0.15) is 30.3 Å². The van der Waals surface area contributed by atoms with E-state index in [-0.39, 0.29) is 6.61 Å². The molecule has 2 N–H and O–H groups in total. The predicted molar refractivity (Wildman–Crippen MR) is 136 cm³/mol. The highest BCUT2D eigenvalue weighted by molar-refractivity contribution is 6.32. The van der Waals surface area contributed by atoms with E-state index in [0.29, 0.717) is 43.4 Å². The minimum atomic E-state index is -1.35. The van der Waals surface area contributed by atoms with Crippen LogP contribution in [0.15, 0.2) is 36.4 Å². The molecule has 0 bridgehead atoms. The second kappa shape index (κ2) is 11.9. The van der Waals surface area contributed by atoms with E-state index >= 15 is 0 Å². The highest BCUT2D eigenvalue weighted by atomic mass is 35.5. The van der Waals surface area contributed by atoms with Gasteiger partial charge in [-0.25, -0.2) is 0 Å². The minimum Gasteiger partial charge on any atom is -0.492 e. The highest BCUT2D eigenvalue weighted by Crippen LogP contribution is 2.29. The molecule has 4 rings (SSSR count). The number of β-amino-alcohol motifs (C(OH)–C–C–N with tert-alkyl or cyclic N) is 1. The summed E-state index contributed by atoms with van der Waals surface area (Å²) in [6, 6.07) is 11.8. The molecule has 0 unspecified atom stereocenters. The summed E-state index contributed by atoms with van der Waals surface area (Å²) in [5.41, 5.74) is 1.64. The molecule has 2 aromatic carbocycles. The van der Waals surface area contributed by atoms with Crippen molar-refractivity contribution in [2.75, 3.05) is 59.2 Å². The van der Waals surface area contributed by atoms with Crippen molar-refractivity contribution in [2.24, 2.45) is 0 Å². The third-order valence-corrected chi connectivity index (χ3v) is 7.44. The van der Waals surface area contributed by atoms with Crippen LogP contribution >= 0.6 is 11.6 Å². The van der Waals surface area contributed by atoms with E-state index in [9.17, 15) is 10.2 Å². The third-order valence-electron chi connectivity index (χ3n) is 6.84. The molecule has 192 valence electrons. The minimum absolute atomic E-state index is 0.0150. The molecule has 0 aromatic heterocycles. The van der Waals surface area contributed by atoms with Gasteiger partial charge in [-0.15, -0.1) is 0 Å². The first-order valence-corrected chi connectivity index (χ1v) is 12.7. The van der Waals surface area contributed by atoms with E-state index in [4.69, 9.17) is 25.8 Å². The first-order valence-electron chi connectivity index (χ1n) is 12.4. The lowest BCUT2D eigenvalue weighted by Crippen LogP contribution is -2.59. The molecule has 0 radical (unpaired) electrons. The number of ether oxygens (including phenoxy) is 3. The molecule has 2 aromatic rings. The van der Waals surface area contributed by atoms with Gasteiger partial charge in [0.2, 0.25) is 0 Å². The lowest BCUT2D eigenvalue weighted by atomic mass is 9.90. The van der Waals surface area contributed by atoms with E-state index in [0.717, 1.165) is 55.3 Å². The first kappa shape index (κ1) is 26.2. The summed E-state index contributed by atoms with van der Waals surface area (Å²) in [4.78, 5) is 4.51. The number of aliphatic hydroxyl groups is 2. The highest BCUT2D eigenvalue weighted by Gasteiger charge is 2.42. The average Bonchev–Trinajstić information content (AvgIpc) is 2.85. The van der Waals surface area contributed by atoms with Crippen LogP contribution in [-0.4, -0.2) is 90.9 Å². The van der Waals surface area contributed by atoms with Gasteiger partial charge in [-0.2, -0.15) is 0 Å². The summed E-state index contributed by atoms with van der Waals surface area (Å²) in [6.07, 6.45) is -0.350. The monoisotopic (exact) mass is 504 g/mol. The standard InChI is InChI=1S/C27H37ClN2O5/c1-20-15-24(16-21(2)26(20)28)35-19-27(32)18-30(8-7-25(27)31)17-22-3-5-23(6-4-22)34-14-11-29-9-12-33-13-10-29/h3-6,15-16,25,31-32H,7-14,17-19H2,1-2H3/t25-,27-/m0/s1. The predicted octanol–water partition coefficient (Wildman–Crippen LogP) is 3.04. The molecule has 7 nitrogen and oxygen atoms in total. The summed E-state index contributed by atoms with van der Waals surface area (Å²) < 4.78 is 17.2. The van der Waals surface area contributed by atoms with E-state index < -0.39 is 11.7 Å². The number of piperidine rings is 1. The van der Waals surface area contributed by atoms with E-state index in [1.165, 1.54) is 0 Å². The Hall–Kier alpha value is -1.87. The Morgan fingerprint density at radius 3 is 2.37 bits per heavy atom. The number of aryl methyl sites for hydroxylation is 2. The molecule has 0 spiro atoms. The van der Waals surface area contributed by atoms with Crippen LogP contribution in [0.1, 0.15) is 23.1 Å². The second-order valence-corrected chi connectivity index (χ2v) is 10.1. The number of hydrogen-bond donors (Lipinski definition) is 2. The smallest absolute Gasteiger partial charge is 0.137 e. The average molecular weight is 505 g/mol. The lowest BCUT2D eigenvalue weighted by molar-refractivity contribution is -0.140. The molecule has 0 saturated carbocycles. The van der Waals surface area contributed by atoms with Crippen LogP contribution in [-0.2, 0) is 11.3 Å². The SMILES string of the molecule is Cc1cc(OC[C@@]2(O)CN(Cc3ccc(OCCN4CCOCC4)cc3)CC[C@@H]2O)cc(C)c1Cl. The molecule has 2 saturated heterocycles. The van der Waals surface area contributed by atoms with Crippen molar-refractivity contribution in [3.63, 3.8) is 0 Å². The number of benzene rings is 2. The molecule has 2 atom stereocenters. The maximum atomic E-state index is 11.2. The van der Waals surface area contributed by atoms with Gasteiger partial charge < -0.3 is 24.4 Å². The van der Waals surface area contributed by atoms with Crippen LogP contribution in [0, 0.1) is 13.8 Å². The van der Waals surface area contributed by atoms with Gasteiger partial charge in [0, 0.05) is 44.3 Å². The summed E-state index contributed by atoms with van der Waals surface area (Å²) >= 11 is 6.25. The number of likely N-dealkylation sites (tertiary alicyclic amines) is 1. The van der Waals surface area contributed by atoms with Gasteiger partial charge in [-0.3, -0.25) is 9.80 Å². The molecule has 2 fully saturated rings. The van der Waals surface area contributed by atoms with Gasteiger partial charge in [0.25, 0.3) is 0 Å². The Kier molecular flexibility index (Phi) is 8.92. The van der Waals surface area contributed by atoms with Gasteiger partial charge in [-0.1, -0.05) is 23.7 Å². The van der Waals surface area contributed by atoms with Crippen molar-refractivity contribution in [3.8, 4) is 11.5 Å². The van der Waals surface area contributed by atoms with Crippen LogP contribution in [0.5, 0.6) is 11.5 Å². The van der Waals surface area contributed by atoms with Gasteiger partial charge in [0.05, 0.1) is 19.3 Å². The fourth-order valence-electron chi connectivity index (χ4n) is 4.69. The van der Waals surface area contributed by atoms with Crippen molar-refractivity contribution in [3.05, 3.63) is 58.1 Å². The molecular weight excluding hydrogens is 468 g/mol. The van der Waals surface area contributed by atoms with Crippen LogP contribution in [0.4, 0.5) is 0 Å². The number of halogens is 1. The number of hydrogen-bond acceptors (Lipinski definition) is 7. The molecule has 2 heterocycles. The molecule has 0 amide bonds. The molecule has 2 aliphatic rings. The summed E-state index contributed by atoms with van der Waals surface area (Å²) in [6.45, 7) is 10.7. The molecule has 35 heavy (non-hydrogen) atoms. The normalized spacial score (nSPS) is 23.9. The molecular formula is C27H37ClN2O5. The Balaban J connectivity index is 1.27. The van der Waals surface area contributed by atoms with E-state index in [1.807, 2.05) is 38.1 Å². The Morgan fingerprint density at radius 1 is 1.00 bits per heavy atom. The summed E-state index contributed by atoms with van der Waals surface area (Å²) in [5, 5.41) is 22.5. The van der Waals surface area contributed by atoms with Crippen molar-refractivity contribution in [1.29, 1.82) is 0 Å². The van der Waals surface area contributed by atoms with Crippen LogP contribution in [0.25, 0.3) is 0 Å². The molecule has 8 heteroatoms. The topological polar surface area (TPSA) is 74.6 Å². The molecule has 0 aliphatic carbocycles. The number of morpholine rings is 1. The number of aliphatic hydroxyl groups excluding tert-OH is 1. The zero-order chi connectivity index (χ0) is 24.8. The van der Waals surface area contributed by atoms with Crippen molar-refractivity contribution in [1.82, 2.24) is 9.80 Å². The van der Waals surface area contributed by atoms with Crippen LogP contribution < -0.4 is 9.47 Å². The quantitative estimate of drug-likeness (QED) is 0.543. The van der Waals surface area contributed by atoms with Crippen LogP contribution in [0.3, 0.4) is 0 Å². The fraction of sp³-hybridized carbons (Fsp3) is 0.556. The van der Waals surface area contributed by atoms with E-state index in [1.54, 1.807) is 0 Å². The van der Waals surface area contributed by atoms with Gasteiger partial charge >= 0.3 is 0 Å². The molecule has 2 aliphatic heterocycles.